The van der Waals surface area contributed by atoms with E-state index in [1.165, 1.54) is 36.9 Å². The Hall–Kier alpha value is -2.48. The Balaban J connectivity index is 2.80. The first kappa shape index (κ1) is 13.9. The van der Waals surface area contributed by atoms with E-state index in [0.29, 0.717) is 5.52 Å². The third-order valence-corrected chi connectivity index (χ3v) is 3.06. The molecule has 2 rings (SSSR count). The van der Waals surface area contributed by atoms with Crippen molar-refractivity contribution in [3.05, 3.63) is 49.2 Å². The summed E-state index contributed by atoms with van der Waals surface area (Å²) < 4.78 is 7.15. The number of non-ortho nitro benzene ring substituents is 1. The molecule has 0 aliphatic heterocycles. The van der Waals surface area contributed by atoms with Gasteiger partial charge in [-0.25, -0.2) is 4.79 Å². The van der Waals surface area contributed by atoms with Crippen LogP contribution >= 0.6 is 0 Å². The standard InChI is InChI=1S/C12H13N3O5/c1-13-10-4-3-8(15(18)19)7-9(10)11(16)14(12(13)17)5-6-20-2/h3-4,7H,5-6H2,1-2H3. The van der Waals surface area contributed by atoms with E-state index in [1.54, 1.807) is 0 Å². The van der Waals surface area contributed by atoms with Crippen molar-refractivity contribution in [3.8, 4) is 0 Å². The number of methoxy groups -OCH3 is 1. The first-order valence-electron chi connectivity index (χ1n) is 5.84. The average molecular weight is 279 g/mol. The third kappa shape index (κ3) is 2.21. The minimum atomic E-state index is -0.580. The van der Waals surface area contributed by atoms with Gasteiger partial charge in [0.15, 0.2) is 0 Å². The van der Waals surface area contributed by atoms with Crippen LogP contribution in [0.1, 0.15) is 0 Å². The summed E-state index contributed by atoms with van der Waals surface area (Å²) in [5.41, 5.74) is -0.858. The summed E-state index contributed by atoms with van der Waals surface area (Å²) in [5.74, 6) is 0. The Morgan fingerprint density at radius 1 is 1.35 bits per heavy atom. The molecule has 0 fully saturated rings. The number of ether oxygens (including phenoxy) is 1. The summed E-state index contributed by atoms with van der Waals surface area (Å²) in [6.45, 7) is 0.302. The van der Waals surface area contributed by atoms with Crippen LogP contribution in [0.3, 0.4) is 0 Å². The molecule has 0 spiro atoms. The highest BCUT2D eigenvalue weighted by atomic mass is 16.6. The Labute approximate surface area is 113 Å². The van der Waals surface area contributed by atoms with Crippen LogP contribution in [-0.2, 0) is 18.3 Å². The monoisotopic (exact) mass is 279 g/mol. The molecule has 0 unspecified atom stereocenters. The second-order valence-corrected chi connectivity index (χ2v) is 4.25. The van der Waals surface area contributed by atoms with Gasteiger partial charge >= 0.3 is 5.69 Å². The molecule has 1 heterocycles. The van der Waals surface area contributed by atoms with Crippen molar-refractivity contribution < 1.29 is 9.66 Å². The number of fused-ring (bicyclic) bond motifs is 1. The van der Waals surface area contributed by atoms with Crippen molar-refractivity contribution in [2.45, 2.75) is 6.54 Å². The number of rotatable bonds is 4. The quantitative estimate of drug-likeness (QED) is 0.590. The van der Waals surface area contributed by atoms with Crippen LogP contribution in [-0.4, -0.2) is 27.8 Å². The Morgan fingerprint density at radius 3 is 2.65 bits per heavy atom. The minimum Gasteiger partial charge on any atom is -0.383 e. The second-order valence-electron chi connectivity index (χ2n) is 4.25. The van der Waals surface area contributed by atoms with Gasteiger partial charge in [-0.2, -0.15) is 0 Å². The number of hydrogen-bond donors (Lipinski definition) is 0. The molecular formula is C12H13N3O5. The van der Waals surface area contributed by atoms with Crippen LogP contribution in [0.2, 0.25) is 0 Å². The molecular weight excluding hydrogens is 266 g/mol. The zero-order valence-corrected chi connectivity index (χ0v) is 11.0. The minimum absolute atomic E-state index is 0.0979. The smallest absolute Gasteiger partial charge is 0.331 e. The van der Waals surface area contributed by atoms with E-state index in [1.807, 2.05) is 0 Å². The zero-order chi connectivity index (χ0) is 14.9. The molecule has 0 amide bonds. The first-order chi connectivity index (χ1) is 9.47. The molecule has 0 bridgehead atoms. The molecule has 1 aromatic heterocycles. The van der Waals surface area contributed by atoms with Crippen molar-refractivity contribution in [2.75, 3.05) is 13.7 Å². The van der Waals surface area contributed by atoms with Gasteiger partial charge in [-0.15, -0.1) is 0 Å². The van der Waals surface area contributed by atoms with E-state index in [9.17, 15) is 19.7 Å². The lowest BCUT2D eigenvalue weighted by Gasteiger charge is -2.10. The maximum Gasteiger partial charge on any atom is 0.331 e. The molecule has 0 aliphatic rings. The Kier molecular flexibility index (Phi) is 3.66. The molecule has 8 nitrogen and oxygen atoms in total. The predicted molar refractivity (Wildman–Crippen MR) is 72.0 cm³/mol. The van der Waals surface area contributed by atoms with E-state index in [-0.39, 0.29) is 24.2 Å². The van der Waals surface area contributed by atoms with Crippen molar-refractivity contribution in [1.82, 2.24) is 9.13 Å². The van der Waals surface area contributed by atoms with Gasteiger partial charge in [0.2, 0.25) is 0 Å². The van der Waals surface area contributed by atoms with E-state index in [2.05, 4.69) is 0 Å². The molecule has 2 aromatic rings. The van der Waals surface area contributed by atoms with Gasteiger partial charge in [0, 0.05) is 26.3 Å². The van der Waals surface area contributed by atoms with Gasteiger partial charge in [0.1, 0.15) is 0 Å². The maximum atomic E-state index is 12.3. The lowest BCUT2D eigenvalue weighted by Crippen LogP contribution is -2.40. The third-order valence-electron chi connectivity index (χ3n) is 3.06. The number of aryl methyl sites for hydroxylation is 1. The number of nitro benzene ring substituents is 1. The Morgan fingerprint density at radius 2 is 2.05 bits per heavy atom. The molecule has 20 heavy (non-hydrogen) atoms. The number of benzene rings is 1. The van der Waals surface area contributed by atoms with Crippen molar-refractivity contribution in [1.29, 1.82) is 0 Å². The van der Waals surface area contributed by atoms with Gasteiger partial charge < -0.3 is 4.74 Å². The summed E-state index contributed by atoms with van der Waals surface area (Å²) in [6, 6.07) is 3.85. The molecule has 0 radical (unpaired) electrons. The number of nitrogens with zero attached hydrogens (tertiary/aromatic N) is 3. The SMILES string of the molecule is COCCn1c(=O)c2cc([N+](=O)[O-])ccc2n(C)c1=O. The van der Waals surface area contributed by atoms with Crippen LogP contribution in [0.4, 0.5) is 5.69 Å². The fraction of sp³-hybridized carbons (Fsp3) is 0.333. The highest BCUT2D eigenvalue weighted by Gasteiger charge is 2.14. The highest BCUT2D eigenvalue weighted by Crippen LogP contribution is 2.16. The van der Waals surface area contributed by atoms with Gasteiger partial charge in [-0.3, -0.25) is 24.0 Å². The highest BCUT2D eigenvalue weighted by molar-refractivity contribution is 5.80. The fourth-order valence-corrected chi connectivity index (χ4v) is 2.00. The molecule has 0 atom stereocenters. The zero-order valence-electron chi connectivity index (χ0n) is 11.0. The van der Waals surface area contributed by atoms with Crippen LogP contribution in [0.5, 0.6) is 0 Å². The van der Waals surface area contributed by atoms with Gasteiger partial charge in [-0.1, -0.05) is 0 Å². The van der Waals surface area contributed by atoms with E-state index in [0.717, 1.165) is 4.57 Å². The van der Waals surface area contributed by atoms with E-state index >= 15 is 0 Å². The average Bonchev–Trinajstić information content (AvgIpc) is 2.44. The van der Waals surface area contributed by atoms with Gasteiger partial charge in [-0.05, 0) is 6.07 Å². The molecule has 0 saturated carbocycles. The van der Waals surface area contributed by atoms with Crippen molar-refractivity contribution in [3.63, 3.8) is 0 Å². The van der Waals surface area contributed by atoms with Gasteiger partial charge in [0.05, 0.1) is 29.0 Å². The second kappa shape index (κ2) is 5.25. The summed E-state index contributed by atoms with van der Waals surface area (Å²) in [6.07, 6.45) is 0. The van der Waals surface area contributed by atoms with Crippen LogP contribution in [0, 0.1) is 10.1 Å². The van der Waals surface area contributed by atoms with E-state index in [4.69, 9.17) is 4.74 Å². The Bertz CT molecular complexity index is 790. The molecule has 0 N–H and O–H groups in total. The number of hydrogen-bond acceptors (Lipinski definition) is 5. The molecule has 106 valence electrons. The van der Waals surface area contributed by atoms with Crippen molar-refractivity contribution in [2.24, 2.45) is 7.05 Å². The number of nitro groups is 1. The van der Waals surface area contributed by atoms with E-state index < -0.39 is 16.2 Å². The molecule has 1 aromatic carbocycles. The summed E-state index contributed by atoms with van der Waals surface area (Å²) >= 11 is 0. The molecule has 0 aliphatic carbocycles. The van der Waals surface area contributed by atoms with Crippen LogP contribution in [0.15, 0.2) is 27.8 Å². The van der Waals surface area contributed by atoms with Crippen LogP contribution in [0.25, 0.3) is 10.9 Å². The lowest BCUT2D eigenvalue weighted by atomic mass is 10.2. The lowest BCUT2D eigenvalue weighted by molar-refractivity contribution is -0.384. The van der Waals surface area contributed by atoms with Crippen LogP contribution < -0.4 is 11.2 Å². The molecule has 8 heteroatoms. The largest absolute Gasteiger partial charge is 0.383 e. The first-order valence-corrected chi connectivity index (χ1v) is 5.84. The topological polar surface area (TPSA) is 96.4 Å². The van der Waals surface area contributed by atoms with Crippen molar-refractivity contribution >= 4 is 16.6 Å². The summed E-state index contributed by atoms with van der Waals surface area (Å²) in [7, 11) is 2.97. The maximum absolute atomic E-state index is 12.3. The normalized spacial score (nSPS) is 10.9. The van der Waals surface area contributed by atoms with Gasteiger partial charge in [0.25, 0.3) is 11.2 Å². The molecule has 0 saturated heterocycles. The summed E-state index contributed by atoms with van der Waals surface area (Å²) in [4.78, 5) is 34.5. The summed E-state index contributed by atoms with van der Waals surface area (Å²) in [5, 5.41) is 10.9. The predicted octanol–water partition coefficient (Wildman–Crippen LogP) is 0.255. The fourth-order valence-electron chi connectivity index (χ4n) is 2.00. The number of aromatic nitrogens is 2.